The van der Waals surface area contributed by atoms with Crippen molar-refractivity contribution >= 4 is 33.9 Å². The molecule has 0 bridgehead atoms. The predicted molar refractivity (Wildman–Crippen MR) is 89.2 cm³/mol. The van der Waals surface area contributed by atoms with Gasteiger partial charge < -0.3 is 11.1 Å². The van der Waals surface area contributed by atoms with Crippen LogP contribution in [0, 0.1) is 0 Å². The molecule has 21 heavy (non-hydrogen) atoms. The van der Waals surface area contributed by atoms with Gasteiger partial charge in [0.25, 0.3) is 0 Å². The van der Waals surface area contributed by atoms with Crippen molar-refractivity contribution in [3.63, 3.8) is 0 Å². The number of nitrogens with one attached hydrogen (secondary N) is 1. The molecule has 0 fully saturated rings. The molecule has 0 unspecified atom stereocenters. The summed E-state index contributed by atoms with van der Waals surface area (Å²) in [5, 5.41) is 4.23. The van der Waals surface area contributed by atoms with Crippen LogP contribution in [0.25, 0.3) is 10.9 Å². The van der Waals surface area contributed by atoms with Gasteiger partial charge in [-0.3, -0.25) is 4.98 Å². The van der Waals surface area contributed by atoms with Crippen molar-refractivity contribution in [1.29, 1.82) is 0 Å². The first-order valence-corrected chi connectivity index (χ1v) is 6.98. The highest BCUT2D eigenvalue weighted by molar-refractivity contribution is 7.80. The van der Waals surface area contributed by atoms with Crippen LogP contribution in [0.3, 0.4) is 0 Å². The quantitative estimate of drug-likeness (QED) is 0.724. The number of aromatic nitrogens is 2. The van der Waals surface area contributed by atoms with Crippen molar-refractivity contribution in [1.82, 2.24) is 9.97 Å². The summed E-state index contributed by atoms with van der Waals surface area (Å²) in [5.41, 5.74) is 8.47. The number of anilines is 1. The molecule has 5 heteroatoms. The van der Waals surface area contributed by atoms with E-state index in [-0.39, 0.29) is 0 Å². The lowest BCUT2D eigenvalue weighted by molar-refractivity contribution is 1.03. The minimum Gasteiger partial charge on any atom is -0.389 e. The second-order valence-electron chi connectivity index (χ2n) is 4.61. The molecule has 1 aromatic carbocycles. The summed E-state index contributed by atoms with van der Waals surface area (Å²) in [5.74, 6) is 0.738. The zero-order valence-electron chi connectivity index (χ0n) is 11.3. The van der Waals surface area contributed by atoms with Crippen molar-refractivity contribution in [3.05, 3.63) is 66.0 Å². The van der Waals surface area contributed by atoms with E-state index < -0.39 is 0 Å². The van der Waals surface area contributed by atoms with Crippen LogP contribution in [0.4, 0.5) is 5.82 Å². The number of para-hydroxylation sites is 1. The van der Waals surface area contributed by atoms with Gasteiger partial charge in [0.2, 0.25) is 0 Å². The Morgan fingerprint density at radius 2 is 1.95 bits per heavy atom. The van der Waals surface area contributed by atoms with Crippen LogP contribution in [0.5, 0.6) is 0 Å². The molecule has 3 aromatic rings. The first kappa shape index (κ1) is 13.5. The average Bonchev–Trinajstić information content (AvgIpc) is 2.53. The summed E-state index contributed by atoms with van der Waals surface area (Å²) in [6.07, 6.45) is 1.77. The lowest BCUT2D eigenvalue weighted by Crippen LogP contribution is -2.12. The van der Waals surface area contributed by atoms with Gasteiger partial charge in [-0.05, 0) is 24.3 Å². The molecule has 4 nitrogen and oxygen atoms in total. The van der Waals surface area contributed by atoms with E-state index in [4.69, 9.17) is 18.0 Å². The molecule has 0 amide bonds. The monoisotopic (exact) mass is 294 g/mol. The number of rotatable bonds is 4. The number of nitrogens with two attached hydrogens (primary N) is 1. The first-order chi connectivity index (χ1) is 10.2. The standard InChI is InChI=1S/C16H14N4S/c17-16(21)13-9-15(19-10-11-5-3-4-8-18-11)20-14-7-2-1-6-12(13)14/h1-9H,10H2,(H2,17,21)(H,19,20). The second-order valence-corrected chi connectivity index (χ2v) is 5.05. The van der Waals surface area contributed by atoms with Crippen LogP contribution in [0.1, 0.15) is 11.3 Å². The Hall–Kier alpha value is -2.53. The van der Waals surface area contributed by atoms with Crippen LogP contribution in [0.2, 0.25) is 0 Å². The summed E-state index contributed by atoms with van der Waals surface area (Å²) in [6, 6.07) is 15.5. The van der Waals surface area contributed by atoms with Crippen molar-refractivity contribution in [3.8, 4) is 0 Å². The highest BCUT2D eigenvalue weighted by atomic mass is 32.1. The zero-order chi connectivity index (χ0) is 14.7. The molecule has 0 aliphatic heterocycles. The van der Waals surface area contributed by atoms with Crippen LogP contribution < -0.4 is 11.1 Å². The van der Waals surface area contributed by atoms with E-state index in [1.807, 2.05) is 48.5 Å². The lowest BCUT2D eigenvalue weighted by Gasteiger charge is -2.10. The molecule has 3 rings (SSSR count). The third kappa shape index (κ3) is 2.98. The molecule has 104 valence electrons. The van der Waals surface area contributed by atoms with Gasteiger partial charge in [0.15, 0.2) is 0 Å². The molecule has 2 heterocycles. The van der Waals surface area contributed by atoms with Crippen molar-refractivity contribution in [2.45, 2.75) is 6.54 Å². The van der Waals surface area contributed by atoms with Gasteiger partial charge in [-0.25, -0.2) is 4.98 Å². The third-order valence-electron chi connectivity index (χ3n) is 3.16. The Morgan fingerprint density at radius 1 is 1.14 bits per heavy atom. The molecule has 0 aliphatic rings. The number of benzene rings is 1. The summed E-state index contributed by atoms with van der Waals surface area (Å²) >= 11 is 5.14. The van der Waals surface area contributed by atoms with E-state index in [9.17, 15) is 0 Å². The molecular formula is C16H14N4S. The van der Waals surface area contributed by atoms with Gasteiger partial charge in [-0.1, -0.05) is 36.5 Å². The predicted octanol–water partition coefficient (Wildman–Crippen LogP) is 2.88. The molecule has 2 aromatic heterocycles. The zero-order valence-corrected chi connectivity index (χ0v) is 12.1. The summed E-state index contributed by atoms with van der Waals surface area (Å²) in [4.78, 5) is 9.22. The van der Waals surface area contributed by atoms with Gasteiger partial charge in [-0.15, -0.1) is 0 Å². The van der Waals surface area contributed by atoms with E-state index >= 15 is 0 Å². The Bertz CT molecular complexity index is 787. The topological polar surface area (TPSA) is 63.8 Å². The van der Waals surface area contributed by atoms with Gasteiger partial charge in [0.05, 0.1) is 17.8 Å². The first-order valence-electron chi connectivity index (χ1n) is 6.57. The normalized spacial score (nSPS) is 10.5. The van der Waals surface area contributed by atoms with Gasteiger partial charge in [-0.2, -0.15) is 0 Å². The minimum atomic E-state index is 0.370. The van der Waals surface area contributed by atoms with Crippen LogP contribution in [-0.2, 0) is 6.54 Å². The molecular weight excluding hydrogens is 280 g/mol. The Morgan fingerprint density at radius 3 is 2.71 bits per heavy atom. The minimum absolute atomic E-state index is 0.370. The van der Waals surface area contributed by atoms with Crippen LogP contribution in [0.15, 0.2) is 54.7 Å². The van der Waals surface area contributed by atoms with Gasteiger partial charge in [0, 0.05) is 17.1 Å². The maximum absolute atomic E-state index is 5.82. The highest BCUT2D eigenvalue weighted by Crippen LogP contribution is 2.21. The fraction of sp³-hybridized carbons (Fsp3) is 0.0625. The molecule has 0 saturated heterocycles. The molecule has 0 aliphatic carbocycles. The highest BCUT2D eigenvalue weighted by Gasteiger charge is 2.07. The second kappa shape index (κ2) is 5.85. The fourth-order valence-electron chi connectivity index (χ4n) is 2.15. The molecule has 3 N–H and O–H groups in total. The van der Waals surface area contributed by atoms with E-state index in [0.29, 0.717) is 11.5 Å². The molecule has 0 saturated carbocycles. The average molecular weight is 294 g/mol. The van der Waals surface area contributed by atoms with E-state index in [2.05, 4.69) is 15.3 Å². The SMILES string of the molecule is NC(=S)c1cc(NCc2ccccn2)nc2ccccc12. The van der Waals surface area contributed by atoms with Gasteiger partial charge >= 0.3 is 0 Å². The summed E-state index contributed by atoms with van der Waals surface area (Å²) in [7, 11) is 0. The van der Waals surface area contributed by atoms with E-state index in [1.165, 1.54) is 0 Å². The number of fused-ring (bicyclic) bond motifs is 1. The largest absolute Gasteiger partial charge is 0.389 e. The number of hydrogen-bond acceptors (Lipinski definition) is 4. The number of pyridine rings is 2. The van der Waals surface area contributed by atoms with Crippen molar-refractivity contribution in [2.24, 2.45) is 5.73 Å². The fourth-order valence-corrected chi connectivity index (χ4v) is 2.32. The van der Waals surface area contributed by atoms with Crippen molar-refractivity contribution in [2.75, 3.05) is 5.32 Å². The maximum atomic E-state index is 5.82. The molecule has 0 radical (unpaired) electrons. The third-order valence-corrected chi connectivity index (χ3v) is 3.38. The maximum Gasteiger partial charge on any atom is 0.127 e. The summed E-state index contributed by atoms with van der Waals surface area (Å²) in [6.45, 7) is 0.600. The van der Waals surface area contributed by atoms with Crippen LogP contribution >= 0.6 is 12.2 Å². The van der Waals surface area contributed by atoms with E-state index in [0.717, 1.165) is 28.0 Å². The Balaban J connectivity index is 1.94. The number of nitrogens with zero attached hydrogens (tertiary/aromatic N) is 2. The van der Waals surface area contributed by atoms with Crippen LogP contribution in [-0.4, -0.2) is 15.0 Å². The lowest BCUT2D eigenvalue weighted by atomic mass is 10.1. The number of hydrogen-bond donors (Lipinski definition) is 2. The van der Waals surface area contributed by atoms with Crippen molar-refractivity contribution < 1.29 is 0 Å². The van der Waals surface area contributed by atoms with E-state index in [1.54, 1.807) is 6.20 Å². The molecule has 0 spiro atoms. The number of thiocarbonyl (C=S) groups is 1. The Labute approximate surface area is 128 Å². The molecule has 0 atom stereocenters. The van der Waals surface area contributed by atoms with Gasteiger partial charge in [0.1, 0.15) is 10.8 Å². The smallest absolute Gasteiger partial charge is 0.127 e. The Kier molecular flexibility index (Phi) is 3.75. The summed E-state index contributed by atoms with van der Waals surface area (Å²) < 4.78 is 0.